The zero-order valence-electron chi connectivity index (χ0n) is 21.3. The van der Waals surface area contributed by atoms with Gasteiger partial charge in [0.1, 0.15) is 10.1 Å². The summed E-state index contributed by atoms with van der Waals surface area (Å²) in [6.07, 6.45) is 18.8. The van der Waals surface area contributed by atoms with Gasteiger partial charge in [-0.05, 0) is 59.7 Å². The molecule has 0 aromatic heterocycles. The van der Waals surface area contributed by atoms with Crippen LogP contribution in [0.2, 0.25) is 0 Å². The van der Waals surface area contributed by atoms with Crippen molar-refractivity contribution in [2.45, 2.75) is 121 Å². The third kappa shape index (κ3) is 11.3. The average molecular weight is 483 g/mol. The van der Waals surface area contributed by atoms with Gasteiger partial charge in [-0.2, -0.15) is 0 Å². The SMILES string of the molecule is CCCCCCCCCc1cc2c(CCCCCCCCC)cccc2cc1S(=O)(=O)[O-].[Na+]. The van der Waals surface area contributed by atoms with Crippen LogP contribution in [0.5, 0.6) is 0 Å². The summed E-state index contributed by atoms with van der Waals surface area (Å²) < 4.78 is 35.9. The largest absolute Gasteiger partial charge is 1.00 e. The molecule has 0 aliphatic rings. The van der Waals surface area contributed by atoms with Gasteiger partial charge in [-0.25, -0.2) is 8.42 Å². The zero-order chi connectivity index (χ0) is 23.2. The minimum absolute atomic E-state index is 0. The molecule has 180 valence electrons. The molecule has 0 heterocycles. The maximum Gasteiger partial charge on any atom is 1.00 e. The van der Waals surface area contributed by atoms with Crippen LogP contribution >= 0.6 is 0 Å². The molecule has 5 heteroatoms. The molecule has 33 heavy (non-hydrogen) atoms. The van der Waals surface area contributed by atoms with Crippen molar-refractivity contribution in [1.82, 2.24) is 0 Å². The van der Waals surface area contributed by atoms with Crippen LogP contribution in [0.3, 0.4) is 0 Å². The molecule has 2 aromatic carbocycles. The summed E-state index contributed by atoms with van der Waals surface area (Å²) >= 11 is 0. The second kappa shape index (κ2) is 17.1. The average Bonchev–Trinajstić information content (AvgIpc) is 2.77. The van der Waals surface area contributed by atoms with Gasteiger partial charge in [0.15, 0.2) is 0 Å². The third-order valence-corrected chi connectivity index (χ3v) is 7.44. The third-order valence-electron chi connectivity index (χ3n) is 6.52. The number of benzene rings is 2. The second-order valence-electron chi connectivity index (χ2n) is 9.29. The summed E-state index contributed by atoms with van der Waals surface area (Å²) in [5, 5.41) is 1.98. The Morgan fingerprint density at radius 3 is 1.67 bits per heavy atom. The Bertz CT molecular complexity index is 909. The van der Waals surface area contributed by atoms with Crippen LogP contribution in [0.25, 0.3) is 10.8 Å². The van der Waals surface area contributed by atoms with Gasteiger partial charge < -0.3 is 4.55 Å². The standard InChI is InChI=1S/C28H44O3S.Na/c1-3-5-7-9-11-13-15-18-24-20-17-21-25-23-28(32(29,30)31)26(22-27(24)25)19-16-14-12-10-8-6-4-2;/h17,20-23H,3-16,18-19H2,1-2H3,(H,29,30,31);/q;+1/p-1. The van der Waals surface area contributed by atoms with E-state index in [1.807, 2.05) is 18.2 Å². The van der Waals surface area contributed by atoms with E-state index >= 15 is 0 Å². The number of aryl methyl sites for hydroxylation is 2. The van der Waals surface area contributed by atoms with Crippen molar-refractivity contribution in [3.63, 3.8) is 0 Å². The van der Waals surface area contributed by atoms with Crippen LogP contribution < -0.4 is 29.6 Å². The Morgan fingerprint density at radius 1 is 0.667 bits per heavy atom. The molecule has 0 spiro atoms. The smallest absolute Gasteiger partial charge is 0.744 e. The van der Waals surface area contributed by atoms with Crippen LogP contribution in [0, 0.1) is 0 Å². The van der Waals surface area contributed by atoms with Crippen molar-refractivity contribution >= 4 is 20.9 Å². The number of rotatable bonds is 17. The molecule has 0 saturated carbocycles. The Labute approximate surface area is 225 Å². The minimum Gasteiger partial charge on any atom is -0.744 e. The molecule has 0 atom stereocenters. The van der Waals surface area contributed by atoms with Crippen molar-refractivity contribution in [2.75, 3.05) is 0 Å². The van der Waals surface area contributed by atoms with Gasteiger partial charge in [-0.3, -0.25) is 0 Å². The van der Waals surface area contributed by atoms with Crippen molar-refractivity contribution in [3.8, 4) is 0 Å². The monoisotopic (exact) mass is 482 g/mol. The first kappa shape index (κ1) is 30.6. The summed E-state index contributed by atoms with van der Waals surface area (Å²) in [6, 6.07) is 9.67. The molecule has 2 aromatic rings. The molecule has 0 aliphatic heterocycles. The van der Waals surface area contributed by atoms with E-state index in [4.69, 9.17) is 0 Å². The molecule has 3 nitrogen and oxygen atoms in total. The predicted molar refractivity (Wildman–Crippen MR) is 135 cm³/mol. The molecule has 0 saturated heterocycles. The van der Waals surface area contributed by atoms with Crippen molar-refractivity contribution in [1.29, 1.82) is 0 Å². The summed E-state index contributed by atoms with van der Waals surface area (Å²) in [5.74, 6) is 0. The molecule has 0 radical (unpaired) electrons. The molecule has 0 fully saturated rings. The summed E-state index contributed by atoms with van der Waals surface area (Å²) in [7, 11) is -4.47. The summed E-state index contributed by atoms with van der Waals surface area (Å²) in [4.78, 5) is -0.0240. The van der Waals surface area contributed by atoms with E-state index in [1.165, 1.54) is 76.2 Å². The molecule has 0 unspecified atom stereocenters. The van der Waals surface area contributed by atoms with Gasteiger partial charge in [-0.15, -0.1) is 0 Å². The fourth-order valence-electron chi connectivity index (χ4n) is 4.61. The summed E-state index contributed by atoms with van der Waals surface area (Å²) in [6.45, 7) is 4.46. The van der Waals surface area contributed by atoms with Crippen molar-refractivity contribution in [2.24, 2.45) is 0 Å². The fraction of sp³-hybridized carbons (Fsp3) is 0.643. The van der Waals surface area contributed by atoms with E-state index in [0.29, 0.717) is 12.0 Å². The fourth-order valence-corrected chi connectivity index (χ4v) is 5.36. The number of hydrogen-bond donors (Lipinski definition) is 0. The van der Waals surface area contributed by atoms with Gasteiger partial charge in [0.05, 0.1) is 4.90 Å². The van der Waals surface area contributed by atoms with Crippen LogP contribution in [-0.4, -0.2) is 13.0 Å². The number of unbranched alkanes of at least 4 members (excludes halogenated alkanes) is 12. The van der Waals surface area contributed by atoms with Crippen molar-refractivity contribution < 1.29 is 42.5 Å². The normalized spacial score (nSPS) is 11.6. The van der Waals surface area contributed by atoms with Gasteiger partial charge >= 0.3 is 29.6 Å². The quantitative estimate of drug-likeness (QED) is 0.174. The van der Waals surface area contributed by atoms with E-state index < -0.39 is 10.1 Å². The first-order chi connectivity index (χ1) is 15.5. The Balaban J connectivity index is 0.00000544. The Kier molecular flexibility index (Phi) is 15.9. The molecular weight excluding hydrogens is 439 g/mol. The maximum absolute atomic E-state index is 12.0. The van der Waals surface area contributed by atoms with Crippen molar-refractivity contribution in [3.05, 3.63) is 41.5 Å². The Hall–Kier alpha value is -0.390. The predicted octanol–water partition coefficient (Wildman–Crippen LogP) is 5.33. The van der Waals surface area contributed by atoms with Crippen LogP contribution in [0.1, 0.15) is 115 Å². The van der Waals surface area contributed by atoms with Gasteiger partial charge in [0.25, 0.3) is 0 Å². The molecule has 0 bridgehead atoms. The van der Waals surface area contributed by atoms with E-state index in [2.05, 4.69) is 19.9 Å². The minimum atomic E-state index is -4.47. The topological polar surface area (TPSA) is 57.2 Å². The molecule has 0 amide bonds. The first-order valence-electron chi connectivity index (χ1n) is 13.0. The second-order valence-corrected chi connectivity index (χ2v) is 10.6. The maximum atomic E-state index is 12.0. The first-order valence-corrected chi connectivity index (χ1v) is 14.4. The molecular formula is C28H43NaO3S. The molecule has 0 aliphatic carbocycles. The van der Waals surface area contributed by atoms with Crippen LogP contribution in [0.15, 0.2) is 35.2 Å². The van der Waals surface area contributed by atoms with E-state index in [0.717, 1.165) is 36.5 Å². The number of fused-ring (bicyclic) bond motifs is 1. The molecule has 0 N–H and O–H groups in total. The van der Waals surface area contributed by atoms with Crippen LogP contribution in [0.4, 0.5) is 0 Å². The van der Waals surface area contributed by atoms with E-state index in [9.17, 15) is 13.0 Å². The zero-order valence-corrected chi connectivity index (χ0v) is 24.1. The number of hydrogen-bond acceptors (Lipinski definition) is 3. The van der Waals surface area contributed by atoms with Gasteiger partial charge in [0.2, 0.25) is 0 Å². The summed E-state index contributed by atoms with van der Waals surface area (Å²) in [5.41, 5.74) is 1.97. The van der Waals surface area contributed by atoms with E-state index in [1.54, 1.807) is 6.07 Å². The molecule has 2 rings (SSSR count). The van der Waals surface area contributed by atoms with Crippen LogP contribution in [-0.2, 0) is 23.0 Å². The van der Waals surface area contributed by atoms with Gasteiger partial charge in [0, 0.05) is 0 Å². The van der Waals surface area contributed by atoms with E-state index in [-0.39, 0.29) is 34.5 Å². The Morgan fingerprint density at radius 2 is 1.15 bits per heavy atom. The van der Waals surface area contributed by atoms with Gasteiger partial charge in [-0.1, -0.05) is 109 Å².